The number of carbonyl (C=O) groups is 2. The monoisotopic (exact) mass is 366 g/mol. The third kappa shape index (κ3) is 3.87. The molecule has 4 rings (SSSR count). The van der Waals surface area contributed by atoms with Crippen molar-refractivity contribution in [1.82, 2.24) is 0 Å². The molecule has 1 N–H and O–H groups in total. The number of nitrogens with zero attached hydrogens (tertiary/aromatic N) is 1. The van der Waals surface area contributed by atoms with Crippen molar-refractivity contribution in [3.63, 3.8) is 0 Å². The van der Waals surface area contributed by atoms with Crippen molar-refractivity contribution < 1.29 is 14.0 Å². The van der Waals surface area contributed by atoms with Gasteiger partial charge in [-0.15, -0.1) is 0 Å². The molecule has 5 heteroatoms. The Morgan fingerprint density at radius 1 is 1.19 bits per heavy atom. The van der Waals surface area contributed by atoms with Gasteiger partial charge in [0.05, 0.1) is 0 Å². The van der Waals surface area contributed by atoms with Gasteiger partial charge in [-0.05, 0) is 61.1 Å². The molecule has 1 unspecified atom stereocenters. The molecule has 1 atom stereocenters. The van der Waals surface area contributed by atoms with Crippen molar-refractivity contribution in [2.75, 3.05) is 16.8 Å². The van der Waals surface area contributed by atoms with Crippen molar-refractivity contribution >= 4 is 23.2 Å². The van der Waals surface area contributed by atoms with Crippen LogP contribution in [-0.2, 0) is 22.4 Å². The molecule has 1 saturated carbocycles. The molecule has 140 valence electrons. The topological polar surface area (TPSA) is 49.4 Å². The van der Waals surface area contributed by atoms with Gasteiger partial charge in [0.2, 0.25) is 11.8 Å². The highest BCUT2D eigenvalue weighted by Crippen LogP contribution is 2.37. The van der Waals surface area contributed by atoms with E-state index in [1.165, 1.54) is 12.1 Å². The van der Waals surface area contributed by atoms with Crippen LogP contribution >= 0.6 is 0 Å². The Morgan fingerprint density at radius 3 is 2.63 bits per heavy atom. The first-order valence-electron chi connectivity index (χ1n) is 9.51. The predicted molar refractivity (Wildman–Crippen MR) is 103 cm³/mol. The van der Waals surface area contributed by atoms with Crippen LogP contribution in [0.2, 0.25) is 0 Å². The summed E-state index contributed by atoms with van der Waals surface area (Å²) in [5.74, 6) is -0.212. The van der Waals surface area contributed by atoms with Crippen molar-refractivity contribution in [3.8, 4) is 0 Å². The number of anilines is 2. The van der Waals surface area contributed by atoms with E-state index < -0.39 is 0 Å². The second-order valence-corrected chi connectivity index (χ2v) is 7.58. The van der Waals surface area contributed by atoms with Gasteiger partial charge in [-0.2, -0.15) is 0 Å². The highest BCUT2D eigenvalue weighted by molar-refractivity contribution is 6.00. The molecule has 0 radical (unpaired) electrons. The minimum atomic E-state index is -0.278. The van der Waals surface area contributed by atoms with Crippen LogP contribution in [-0.4, -0.2) is 18.4 Å². The van der Waals surface area contributed by atoms with Crippen molar-refractivity contribution in [2.45, 2.75) is 32.6 Å². The number of fused-ring (bicyclic) bond motifs is 1. The summed E-state index contributed by atoms with van der Waals surface area (Å²) in [6.45, 7) is 2.58. The molecule has 2 amide bonds. The van der Waals surface area contributed by atoms with Gasteiger partial charge in [-0.1, -0.05) is 25.1 Å². The number of hydrogen-bond donors (Lipinski definition) is 1. The molecule has 1 fully saturated rings. The van der Waals surface area contributed by atoms with Crippen LogP contribution in [0.5, 0.6) is 0 Å². The summed E-state index contributed by atoms with van der Waals surface area (Å²) >= 11 is 0. The Kier molecular flexibility index (Phi) is 4.68. The molecule has 27 heavy (non-hydrogen) atoms. The highest BCUT2D eigenvalue weighted by Gasteiger charge is 2.36. The molecule has 2 aromatic rings. The molecular formula is C22H23FN2O2. The van der Waals surface area contributed by atoms with Crippen LogP contribution in [0.4, 0.5) is 15.8 Å². The minimum absolute atomic E-state index is 0.0858. The van der Waals surface area contributed by atoms with Crippen LogP contribution in [0, 0.1) is 17.7 Å². The number of halogens is 1. The molecule has 4 nitrogen and oxygen atoms in total. The zero-order valence-corrected chi connectivity index (χ0v) is 15.4. The van der Waals surface area contributed by atoms with E-state index in [2.05, 4.69) is 5.32 Å². The Morgan fingerprint density at radius 2 is 1.93 bits per heavy atom. The fourth-order valence-electron chi connectivity index (χ4n) is 3.57. The van der Waals surface area contributed by atoms with Gasteiger partial charge >= 0.3 is 0 Å². The van der Waals surface area contributed by atoms with Gasteiger partial charge < -0.3 is 10.2 Å². The van der Waals surface area contributed by atoms with E-state index in [-0.39, 0.29) is 29.5 Å². The maximum atomic E-state index is 13.0. The van der Waals surface area contributed by atoms with Gasteiger partial charge in [0.25, 0.3) is 0 Å². The number of carbonyl (C=O) groups excluding carboxylic acids is 2. The molecule has 1 heterocycles. The first-order valence-corrected chi connectivity index (χ1v) is 9.51. The lowest BCUT2D eigenvalue weighted by Crippen LogP contribution is -2.30. The molecule has 0 spiro atoms. The molecule has 0 bridgehead atoms. The van der Waals surface area contributed by atoms with Gasteiger partial charge in [0.1, 0.15) is 5.82 Å². The van der Waals surface area contributed by atoms with Crippen LogP contribution < -0.4 is 10.2 Å². The van der Waals surface area contributed by atoms with Gasteiger partial charge in [0, 0.05) is 29.8 Å². The Hall–Kier alpha value is -2.69. The number of nitrogens with one attached hydrogen (secondary N) is 1. The Labute approximate surface area is 158 Å². The van der Waals surface area contributed by atoms with Gasteiger partial charge in [-0.25, -0.2) is 4.39 Å². The number of benzene rings is 2. The van der Waals surface area contributed by atoms with Gasteiger partial charge in [-0.3, -0.25) is 9.59 Å². The first kappa shape index (κ1) is 17.7. The van der Waals surface area contributed by atoms with E-state index in [1.54, 1.807) is 12.1 Å². The Balaban J connectivity index is 1.43. The zero-order valence-electron chi connectivity index (χ0n) is 15.4. The first-order chi connectivity index (χ1) is 13.0. The van der Waals surface area contributed by atoms with Crippen LogP contribution in [0.15, 0.2) is 42.5 Å². The average molecular weight is 366 g/mol. The average Bonchev–Trinajstić information content (AvgIpc) is 3.43. The second kappa shape index (κ2) is 7.14. The van der Waals surface area contributed by atoms with E-state index in [4.69, 9.17) is 0 Å². The molecule has 0 aromatic heterocycles. The minimum Gasteiger partial charge on any atom is -0.326 e. The summed E-state index contributed by atoms with van der Waals surface area (Å²) in [7, 11) is 0. The van der Waals surface area contributed by atoms with Crippen LogP contribution in [0.3, 0.4) is 0 Å². The smallest absolute Gasteiger partial charge is 0.230 e. The summed E-state index contributed by atoms with van der Waals surface area (Å²) in [6, 6.07) is 12.0. The van der Waals surface area contributed by atoms with Crippen molar-refractivity contribution in [3.05, 3.63) is 59.4 Å². The van der Waals surface area contributed by atoms with E-state index in [1.807, 2.05) is 30.0 Å². The lowest BCUT2D eigenvalue weighted by atomic mass is 10.00. The second-order valence-electron chi connectivity index (χ2n) is 7.58. The molecule has 1 aliphatic carbocycles. The van der Waals surface area contributed by atoms with Crippen LogP contribution in [0.1, 0.15) is 30.9 Å². The van der Waals surface area contributed by atoms with Crippen LogP contribution in [0.25, 0.3) is 0 Å². The van der Waals surface area contributed by atoms with E-state index in [0.29, 0.717) is 12.1 Å². The quantitative estimate of drug-likeness (QED) is 0.871. The molecule has 2 aliphatic rings. The van der Waals surface area contributed by atoms with E-state index >= 15 is 0 Å². The largest absolute Gasteiger partial charge is 0.326 e. The molecule has 2 aromatic carbocycles. The number of hydrogen-bond acceptors (Lipinski definition) is 2. The summed E-state index contributed by atoms with van der Waals surface area (Å²) in [5, 5.41) is 2.96. The summed E-state index contributed by atoms with van der Waals surface area (Å²) in [6.07, 6.45) is 3.39. The summed E-state index contributed by atoms with van der Waals surface area (Å²) in [4.78, 5) is 26.9. The maximum absolute atomic E-state index is 13.0. The number of rotatable bonds is 5. The third-order valence-electron chi connectivity index (χ3n) is 5.34. The third-order valence-corrected chi connectivity index (χ3v) is 5.34. The van der Waals surface area contributed by atoms with Gasteiger partial charge in [0.15, 0.2) is 0 Å². The standard InChI is InChI=1S/C22H23FN2O2/c1-14(12-15-2-7-18(23)8-3-15)21(26)24-19-9-6-16-10-11-25(20(16)13-19)22(27)17-4-5-17/h2-3,6-9,13-14,17H,4-5,10-12H2,1H3,(H,24,26). The lowest BCUT2D eigenvalue weighted by molar-refractivity contribution is -0.120. The van der Waals surface area contributed by atoms with E-state index in [0.717, 1.165) is 42.6 Å². The molecule has 0 saturated heterocycles. The summed E-state index contributed by atoms with van der Waals surface area (Å²) in [5.41, 5.74) is 3.71. The SMILES string of the molecule is CC(Cc1ccc(F)cc1)C(=O)Nc1ccc2c(c1)N(C(=O)C1CC1)CC2. The van der Waals surface area contributed by atoms with Crippen molar-refractivity contribution in [1.29, 1.82) is 0 Å². The normalized spacial score (nSPS) is 16.7. The summed E-state index contributed by atoms with van der Waals surface area (Å²) < 4.78 is 13.0. The van der Waals surface area contributed by atoms with Crippen molar-refractivity contribution in [2.24, 2.45) is 11.8 Å². The highest BCUT2D eigenvalue weighted by atomic mass is 19.1. The fraction of sp³-hybridized carbons (Fsp3) is 0.364. The fourth-order valence-corrected chi connectivity index (χ4v) is 3.57. The number of amides is 2. The lowest BCUT2D eigenvalue weighted by Gasteiger charge is -2.18. The molecular weight excluding hydrogens is 343 g/mol. The zero-order chi connectivity index (χ0) is 19.0. The predicted octanol–water partition coefficient (Wildman–Crippen LogP) is 3.94. The molecule has 1 aliphatic heterocycles. The maximum Gasteiger partial charge on any atom is 0.230 e. The Bertz CT molecular complexity index is 874. The van der Waals surface area contributed by atoms with E-state index in [9.17, 15) is 14.0 Å².